The van der Waals surface area contributed by atoms with Gasteiger partial charge in [0.2, 0.25) is 0 Å². The number of nitrogens with one attached hydrogen (secondary N) is 1. The number of hydrogen-bond acceptors (Lipinski definition) is 4. The molecule has 3 rings (SSSR count). The summed E-state index contributed by atoms with van der Waals surface area (Å²) in [4.78, 5) is 5.61. The van der Waals surface area contributed by atoms with Crippen LogP contribution in [0, 0.1) is 6.92 Å². The van der Waals surface area contributed by atoms with E-state index in [-0.39, 0.29) is 0 Å². The number of nitrogens with zero attached hydrogens (tertiary/aromatic N) is 1. The van der Waals surface area contributed by atoms with E-state index in [2.05, 4.69) is 23.3 Å². The first-order chi connectivity index (χ1) is 8.34. The first-order valence-electron chi connectivity index (χ1n) is 6.03. The average Bonchev–Trinajstić information content (AvgIpc) is 2.95. The second kappa shape index (κ2) is 4.63. The quantitative estimate of drug-likeness (QED) is 0.906. The summed E-state index contributed by atoms with van der Waals surface area (Å²) in [5, 5.41) is 3.62. The first-order valence-corrected chi connectivity index (χ1v) is 6.91. The van der Waals surface area contributed by atoms with E-state index >= 15 is 0 Å². The van der Waals surface area contributed by atoms with Gasteiger partial charge in [-0.3, -0.25) is 0 Å². The normalized spacial score (nSPS) is 19.2. The summed E-state index contributed by atoms with van der Waals surface area (Å²) in [6, 6.07) is 2.55. The number of thiazole rings is 1. The maximum atomic E-state index is 5.50. The summed E-state index contributed by atoms with van der Waals surface area (Å²) in [5.41, 5.74) is 4.40. The van der Waals surface area contributed by atoms with E-state index in [0.29, 0.717) is 6.04 Å². The Morgan fingerprint density at radius 2 is 2.53 bits per heavy atom. The zero-order chi connectivity index (χ0) is 11.7. The number of hydrogen-bond donors (Lipinski definition) is 1. The lowest BCUT2D eigenvalue weighted by molar-refractivity contribution is 0.411. The van der Waals surface area contributed by atoms with Gasteiger partial charge in [-0.25, -0.2) is 4.98 Å². The third-order valence-electron chi connectivity index (χ3n) is 3.41. The van der Waals surface area contributed by atoms with Gasteiger partial charge in [0.1, 0.15) is 5.76 Å². The van der Waals surface area contributed by atoms with Crippen molar-refractivity contribution >= 4 is 11.3 Å². The zero-order valence-corrected chi connectivity index (χ0v) is 10.7. The molecule has 0 spiro atoms. The summed E-state index contributed by atoms with van der Waals surface area (Å²) in [5.74, 6) is 1.16. The Labute approximate surface area is 105 Å². The lowest BCUT2D eigenvalue weighted by Crippen LogP contribution is -2.23. The Morgan fingerprint density at radius 3 is 3.35 bits per heavy atom. The number of aryl methyl sites for hydroxylation is 2. The fraction of sp³-hybridized carbons (Fsp3) is 0.462. The van der Waals surface area contributed by atoms with E-state index in [1.54, 1.807) is 11.3 Å². The molecule has 0 aliphatic heterocycles. The highest BCUT2D eigenvalue weighted by Gasteiger charge is 2.22. The van der Waals surface area contributed by atoms with Crippen LogP contribution >= 0.6 is 11.3 Å². The predicted molar refractivity (Wildman–Crippen MR) is 68.1 cm³/mol. The minimum absolute atomic E-state index is 0.444. The highest BCUT2D eigenvalue weighted by Crippen LogP contribution is 2.30. The molecule has 2 heterocycles. The van der Waals surface area contributed by atoms with Crippen LogP contribution in [0.15, 0.2) is 22.3 Å². The summed E-state index contributed by atoms with van der Waals surface area (Å²) in [6.45, 7) is 2.98. The molecular formula is C13H16N2OS. The Balaban J connectivity index is 1.70. The van der Waals surface area contributed by atoms with Gasteiger partial charge in [-0.1, -0.05) is 0 Å². The van der Waals surface area contributed by atoms with Crippen molar-refractivity contribution in [1.82, 2.24) is 10.3 Å². The van der Waals surface area contributed by atoms with Crippen molar-refractivity contribution in [1.29, 1.82) is 0 Å². The van der Waals surface area contributed by atoms with Crippen molar-refractivity contribution in [2.75, 3.05) is 0 Å². The van der Waals surface area contributed by atoms with E-state index in [9.17, 15) is 0 Å². The van der Waals surface area contributed by atoms with Gasteiger partial charge in [-0.15, -0.1) is 11.3 Å². The smallest absolute Gasteiger partial charge is 0.108 e. The van der Waals surface area contributed by atoms with Gasteiger partial charge in [0.15, 0.2) is 0 Å². The summed E-state index contributed by atoms with van der Waals surface area (Å²) >= 11 is 1.72. The van der Waals surface area contributed by atoms with Crippen molar-refractivity contribution in [3.05, 3.63) is 39.7 Å². The maximum Gasteiger partial charge on any atom is 0.108 e. The number of fused-ring (bicyclic) bond motifs is 1. The molecule has 0 amide bonds. The summed E-state index contributed by atoms with van der Waals surface area (Å²) in [6.07, 6.45) is 5.30. The summed E-state index contributed by atoms with van der Waals surface area (Å²) < 4.78 is 5.50. The minimum Gasteiger partial charge on any atom is -0.469 e. The molecule has 17 heavy (non-hydrogen) atoms. The molecular weight excluding hydrogens is 232 g/mol. The van der Waals surface area contributed by atoms with Gasteiger partial charge in [0, 0.05) is 29.4 Å². The van der Waals surface area contributed by atoms with Crippen molar-refractivity contribution in [2.45, 2.75) is 38.8 Å². The molecule has 3 nitrogen and oxygen atoms in total. The Kier molecular flexibility index (Phi) is 2.99. The van der Waals surface area contributed by atoms with Crippen molar-refractivity contribution in [3.8, 4) is 0 Å². The van der Waals surface area contributed by atoms with E-state index in [4.69, 9.17) is 4.42 Å². The molecule has 1 aliphatic carbocycles. The fourth-order valence-corrected chi connectivity index (χ4v) is 3.14. The zero-order valence-electron chi connectivity index (χ0n) is 9.90. The molecule has 0 aromatic carbocycles. The van der Waals surface area contributed by atoms with E-state index in [0.717, 1.165) is 24.4 Å². The molecule has 90 valence electrons. The Morgan fingerprint density at radius 1 is 1.59 bits per heavy atom. The number of furan rings is 1. The van der Waals surface area contributed by atoms with Gasteiger partial charge >= 0.3 is 0 Å². The van der Waals surface area contributed by atoms with Crippen molar-refractivity contribution < 1.29 is 4.42 Å². The lowest BCUT2D eigenvalue weighted by atomic mass is 9.93. The standard InChI is InChI=1S/C13H16N2OS/c1-9-13(17-8-15-9)7-14-11-3-2-4-12-10(11)5-6-16-12/h5-6,8,11,14H,2-4,7H2,1H3. The van der Waals surface area contributed by atoms with Crippen LogP contribution in [-0.4, -0.2) is 4.98 Å². The molecule has 0 fully saturated rings. The van der Waals surface area contributed by atoms with Crippen LogP contribution in [0.1, 0.15) is 40.8 Å². The second-order valence-corrected chi connectivity index (χ2v) is 5.43. The highest BCUT2D eigenvalue weighted by atomic mass is 32.1. The molecule has 2 aromatic heterocycles. The molecule has 1 aliphatic rings. The average molecular weight is 248 g/mol. The molecule has 4 heteroatoms. The van der Waals surface area contributed by atoms with Crippen molar-refractivity contribution in [3.63, 3.8) is 0 Å². The predicted octanol–water partition coefficient (Wildman–Crippen LogP) is 3.21. The van der Waals surface area contributed by atoms with E-state index in [1.807, 2.05) is 11.8 Å². The Hall–Kier alpha value is -1.13. The Bertz CT molecular complexity index is 503. The van der Waals surface area contributed by atoms with Crippen LogP contribution in [0.5, 0.6) is 0 Å². The molecule has 0 radical (unpaired) electrons. The van der Waals surface area contributed by atoms with Crippen molar-refractivity contribution in [2.24, 2.45) is 0 Å². The molecule has 1 unspecified atom stereocenters. The van der Waals surface area contributed by atoms with Gasteiger partial charge in [-0.05, 0) is 25.8 Å². The van der Waals surface area contributed by atoms with Crippen LogP contribution in [0.25, 0.3) is 0 Å². The fourth-order valence-electron chi connectivity index (χ4n) is 2.41. The van der Waals surface area contributed by atoms with Crippen LogP contribution in [0.2, 0.25) is 0 Å². The van der Waals surface area contributed by atoms with Crippen LogP contribution in [0.4, 0.5) is 0 Å². The SMILES string of the molecule is Cc1ncsc1CNC1CCCc2occc21. The minimum atomic E-state index is 0.444. The maximum absolute atomic E-state index is 5.50. The lowest BCUT2D eigenvalue weighted by Gasteiger charge is -2.22. The van der Waals surface area contributed by atoms with Gasteiger partial charge < -0.3 is 9.73 Å². The second-order valence-electron chi connectivity index (χ2n) is 4.49. The molecule has 2 aromatic rings. The molecule has 1 atom stereocenters. The third kappa shape index (κ3) is 2.15. The summed E-state index contributed by atoms with van der Waals surface area (Å²) in [7, 11) is 0. The topological polar surface area (TPSA) is 38.1 Å². The van der Waals surface area contributed by atoms with Crippen LogP contribution < -0.4 is 5.32 Å². The molecule has 1 N–H and O–H groups in total. The molecule has 0 bridgehead atoms. The first kappa shape index (κ1) is 11.0. The third-order valence-corrected chi connectivity index (χ3v) is 4.34. The van der Waals surface area contributed by atoms with Gasteiger partial charge in [-0.2, -0.15) is 0 Å². The molecule has 0 saturated carbocycles. The number of aromatic nitrogens is 1. The monoisotopic (exact) mass is 248 g/mol. The largest absolute Gasteiger partial charge is 0.469 e. The number of rotatable bonds is 3. The van der Waals surface area contributed by atoms with E-state index < -0.39 is 0 Å². The molecule has 0 saturated heterocycles. The van der Waals surface area contributed by atoms with Crippen LogP contribution in [0.3, 0.4) is 0 Å². The van der Waals surface area contributed by atoms with Gasteiger partial charge in [0.25, 0.3) is 0 Å². The van der Waals surface area contributed by atoms with Gasteiger partial charge in [0.05, 0.1) is 17.5 Å². The van der Waals surface area contributed by atoms with Crippen LogP contribution in [-0.2, 0) is 13.0 Å². The highest BCUT2D eigenvalue weighted by molar-refractivity contribution is 7.09. The van der Waals surface area contributed by atoms with E-state index in [1.165, 1.54) is 23.3 Å².